The highest BCUT2D eigenvalue weighted by Crippen LogP contribution is 2.24. The molecule has 2 rings (SSSR count). The summed E-state index contributed by atoms with van der Waals surface area (Å²) in [5.74, 6) is -2.14. The molecule has 1 heterocycles. The van der Waals surface area contributed by atoms with Crippen LogP contribution in [-0.2, 0) is 4.79 Å². The van der Waals surface area contributed by atoms with Crippen molar-refractivity contribution in [2.45, 2.75) is 18.9 Å². The number of carbonyl (C=O) groups excluding carboxylic acids is 1. The fourth-order valence-corrected chi connectivity index (χ4v) is 1.98. The third-order valence-corrected chi connectivity index (χ3v) is 2.98. The Morgan fingerprint density at radius 1 is 1.53 bits per heavy atom. The Morgan fingerprint density at radius 2 is 2.26 bits per heavy atom. The first-order chi connectivity index (χ1) is 8.99. The Hall–Kier alpha value is -2.31. The van der Waals surface area contributed by atoms with Crippen LogP contribution >= 0.6 is 0 Å². The molecular weight excluding hydrogens is 253 g/mol. The predicted octanol–water partition coefficient (Wildman–Crippen LogP) is 0.797. The Labute approximate surface area is 108 Å². The van der Waals surface area contributed by atoms with Crippen molar-refractivity contribution in [1.29, 1.82) is 0 Å². The molecule has 0 saturated carbocycles. The monoisotopic (exact) mass is 267 g/mol. The highest BCUT2D eigenvalue weighted by atomic mass is 19.1. The molecule has 19 heavy (non-hydrogen) atoms. The minimum absolute atomic E-state index is 0.0337. The van der Waals surface area contributed by atoms with Crippen LogP contribution in [0.15, 0.2) is 12.1 Å². The number of rotatable bonds is 3. The van der Waals surface area contributed by atoms with Crippen LogP contribution in [-0.4, -0.2) is 29.6 Å². The molecule has 1 aromatic rings. The van der Waals surface area contributed by atoms with Crippen LogP contribution in [0, 0.1) is 5.82 Å². The smallest absolute Gasteiger partial charge is 0.337 e. The van der Waals surface area contributed by atoms with Gasteiger partial charge in [-0.2, -0.15) is 0 Å². The number of halogens is 1. The van der Waals surface area contributed by atoms with Crippen molar-refractivity contribution in [2.75, 3.05) is 17.6 Å². The van der Waals surface area contributed by atoms with E-state index in [1.54, 1.807) is 0 Å². The van der Waals surface area contributed by atoms with E-state index >= 15 is 0 Å². The van der Waals surface area contributed by atoms with Crippen LogP contribution in [0.5, 0.6) is 0 Å². The lowest BCUT2D eigenvalue weighted by atomic mass is 10.1. The lowest BCUT2D eigenvalue weighted by molar-refractivity contribution is -0.123. The molecule has 1 aliphatic rings. The number of aromatic carboxylic acids is 1. The summed E-state index contributed by atoms with van der Waals surface area (Å²) in [7, 11) is 0. The Kier molecular flexibility index (Phi) is 3.55. The maximum Gasteiger partial charge on any atom is 0.337 e. The number of carboxylic acid groups (broad SMARTS) is 1. The number of piperidine rings is 1. The SMILES string of the molecule is Nc1cc(F)c(NC2CCCNC2=O)cc1C(=O)O. The second-order valence-electron chi connectivity index (χ2n) is 4.35. The first-order valence-corrected chi connectivity index (χ1v) is 5.85. The van der Waals surface area contributed by atoms with Gasteiger partial charge in [0.2, 0.25) is 5.91 Å². The van der Waals surface area contributed by atoms with Crippen LogP contribution in [0.2, 0.25) is 0 Å². The highest BCUT2D eigenvalue weighted by molar-refractivity contribution is 5.95. The summed E-state index contributed by atoms with van der Waals surface area (Å²) in [5, 5.41) is 14.3. The second-order valence-corrected chi connectivity index (χ2v) is 4.35. The Balaban J connectivity index is 2.26. The van der Waals surface area contributed by atoms with Gasteiger partial charge in [-0.1, -0.05) is 0 Å². The molecule has 0 bridgehead atoms. The van der Waals surface area contributed by atoms with E-state index in [1.165, 1.54) is 0 Å². The van der Waals surface area contributed by atoms with E-state index in [1.807, 2.05) is 0 Å². The summed E-state index contributed by atoms with van der Waals surface area (Å²) in [6, 6.07) is 1.48. The third kappa shape index (κ3) is 2.75. The summed E-state index contributed by atoms with van der Waals surface area (Å²) < 4.78 is 13.7. The highest BCUT2D eigenvalue weighted by Gasteiger charge is 2.23. The maximum atomic E-state index is 13.7. The van der Waals surface area contributed by atoms with Gasteiger partial charge < -0.3 is 21.5 Å². The van der Waals surface area contributed by atoms with E-state index < -0.39 is 17.8 Å². The topological polar surface area (TPSA) is 104 Å². The van der Waals surface area contributed by atoms with Gasteiger partial charge in [0.05, 0.1) is 11.3 Å². The number of carboxylic acids is 1. The number of nitrogens with one attached hydrogen (secondary N) is 2. The molecule has 6 nitrogen and oxygen atoms in total. The normalized spacial score (nSPS) is 18.8. The molecule has 102 valence electrons. The maximum absolute atomic E-state index is 13.7. The van der Waals surface area contributed by atoms with Crippen molar-refractivity contribution in [3.8, 4) is 0 Å². The molecule has 1 aliphatic heterocycles. The van der Waals surface area contributed by atoms with E-state index in [2.05, 4.69) is 10.6 Å². The molecule has 0 spiro atoms. The Bertz CT molecular complexity index is 533. The van der Waals surface area contributed by atoms with Crippen LogP contribution in [0.1, 0.15) is 23.2 Å². The summed E-state index contributed by atoms with van der Waals surface area (Å²) >= 11 is 0. The van der Waals surface area contributed by atoms with Gasteiger partial charge in [-0.15, -0.1) is 0 Å². The van der Waals surface area contributed by atoms with Crippen molar-refractivity contribution in [3.05, 3.63) is 23.5 Å². The molecule has 1 aromatic carbocycles. The summed E-state index contributed by atoms with van der Waals surface area (Å²) in [5.41, 5.74) is 5.05. The van der Waals surface area contributed by atoms with Crippen molar-refractivity contribution in [2.24, 2.45) is 0 Å². The van der Waals surface area contributed by atoms with Gasteiger partial charge >= 0.3 is 5.97 Å². The minimum atomic E-state index is -1.24. The van der Waals surface area contributed by atoms with Gasteiger partial charge in [-0.3, -0.25) is 4.79 Å². The number of hydrogen-bond donors (Lipinski definition) is 4. The number of nitrogens with two attached hydrogens (primary N) is 1. The number of anilines is 2. The standard InChI is InChI=1S/C12H14FN3O3/c13-7-5-8(14)6(12(18)19)4-10(7)16-9-2-1-3-15-11(9)17/h4-5,9,16H,1-3,14H2,(H,15,17)(H,18,19). The summed E-state index contributed by atoms with van der Waals surface area (Å²) in [4.78, 5) is 22.5. The first kappa shape index (κ1) is 13.1. The molecule has 0 aromatic heterocycles. The van der Waals surface area contributed by atoms with Crippen molar-refractivity contribution in [3.63, 3.8) is 0 Å². The number of amides is 1. The lowest BCUT2D eigenvalue weighted by Gasteiger charge is -2.24. The third-order valence-electron chi connectivity index (χ3n) is 2.98. The first-order valence-electron chi connectivity index (χ1n) is 5.85. The lowest BCUT2D eigenvalue weighted by Crippen LogP contribution is -2.44. The van der Waals surface area contributed by atoms with Gasteiger partial charge in [0, 0.05) is 12.2 Å². The average molecular weight is 267 g/mol. The van der Waals surface area contributed by atoms with Crippen molar-refractivity contribution >= 4 is 23.3 Å². The molecule has 1 atom stereocenters. The predicted molar refractivity (Wildman–Crippen MR) is 67.4 cm³/mol. The van der Waals surface area contributed by atoms with Gasteiger partial charge in [0.15, 0.2) is 0 Å². The van der Waals surface area contributed by atoms with E-state index in [9.17, 15) is 14.0 Å². The quantitative estimate of drug-likeness (QED) is 0.606. The van der Waals surface area contributed by atoms with Gasteiger partial charge in [0.1, 0.15) is 11.9 Å². The van der Waals surface area contributed by atoms with E-state index in [0.717, 1.165) is 18.6 Å². The Morgan fingerprint density at radius 3 is 2.89 bits per heavy atom. The molecule has 7 heteroatoms. The minimum Gasteiger partial charge on any atom is -0.478 e. The van der Waals surface area contributed by atoms with Gasteiger partial charge in [0.25, 0.3) is 0 Å². The van der Waals surface area contributed by atoms with Crippen molar-refractivity contribution in [1.82, 2.24) is 5.32 Å². The largest absolute Gasteiger partial charge is 0.478 e. The van der Waals surface area contributed by atoms with E-state index in [-0.39, 0.29) is 22.8 Å². The van der Waals surface area contributed by atoms with E-state index in [0.29, 0.717) is 13.0 Å². The molecular formula is C12H14FN3O3. The summed E-state index contributed by atoms with van der Waals surface area (Å²) in [6.07, 6.45) is 1.35. The second kappa shape index (κ2) is 5.13. The molecule has 1 unspecified atom stereocenters. The van der Waals surface area contributed by atoms with E-state index in [4.69, 9.17) is 10.8 Å². The molecule has 0 aliphatic carbocycles. The molecule has 1 fully saturated rings. The van der Waals surface area contributed by atoms with Crippen LogP contribution in [0.25, 0.3) is 0 Å². The number of carbonyl (C=O) groups is 2. The zero-order chi connectivity index (χ0) is 14.0. The fourth-order valence-electron chi connectivity index (χ4n) is 1.98. The van der Waals surface area contributed by atoms with Gasteiger partial charge in [-0.25, -0.2) is 9.18 Å². The van der Waals surface area contributed by atoms with Crippen molar-refractivity contribution < 1.29 is 19.1 Å². The zero-order valence-corrected chi connectivity index (χ0v) is 10.1. The molecule has 1 amide bonds. The number of hydrogen-bond acceptors (Lipinski definition) is 4. The number of nitrogen functional groups attached to an aromatic ring is 1. The molecule has 0 radical (unpaired) electrons. The number of benzene rings is 1. The van der Waals surface area contributed by atoms with Crippen LogP contribution in [0.3, 0.4) is 0 Å². The molecule has 1 saturated heterocycles. The van der Waals surface area contributed by atoms with Crippen LogP contribution < -0.4 is 16.4 Å². The summed E-state index contributed by atoms with van der Waals surface area (Å²) in [6.45, 7) is 0.599. The van der Waals surface area contributed by atoms with Gasteiger partial charge in [-0.05, 0) is 25.0 Å². The fraction of sp³-hybridized carbons (Fsp3) is 0.333. The molecule has 5 N–H and O–H groups in total. The average Bonchev–Trinajstić information content (AvgIpc) is 2.34. The van der Waals surface area contributed by atoms with Crippen LogP contribution in [0.4, 0.5) is 15.8 Å². The zero-order valence-electron chi connectivity index (χ0n) is 10.1.